The van der Waals surface area contributed by atoms with Crippen molar-refractivity contribution < 1.29 is 72.6 Å². The van der Waals surface area contributed by atoms with Gasteiger partial charge >= 0.3 is 5.97 Å². The Labute approximate surface area is 363 Å². The van der Waals surface area contributed by atoms with Gasteiger partial charge in [-0.15, -0.1) is 0 Å². The van der Waals surface area contributed by atoms with Crippen LogP contribution in [-0.4, -0.2) is 165 Å². The summed E-state index contributed by atoms with van der Waals surface area (Å²) in [6.45, 7) is 9.96. The fourth-order valence-corrected chi connectivity index (χ4v) is 9.64. The van der Waals surface area contributed by atoms with Crippen LogP contribution < -0.4 is 0 Å². The Bertz CT molecular complexity index is 1450. The number of aliphatic hydroxyl groups excluding tert-OH is 4. The maximum atomic E-state index is 13.8. The molecule has 5 aliphatic heterocycles. The van der Waals surface area contributed by atoms with Crippen molar-refractivity contribution in [2.75, 3.05) is 41.7 Å². The summed E-state index contributed by atoms with van der Waals surface area (Å²) in [5, 5.41) is 43.1. The molecule has 0 aromatic rings. The van der Waals surface area contributed by atoms with E-state index in [0.717, 1.165) is 24.8 Å². The number of carbonyl (C=O) groups excluding carboxylic acids is 1. The molecule has 15 nitrogen and oxygen atoms in total. The molecule has 5 aliphatic rings. The zero-order valence-corrected chi connectivity index (χ0v) is 37.9. The molecule has 0 aromatic carbocycles. The number of fused-ring (bicyclic) bond motifs is 2. The van der Waals surface area contributed by atoms with E-state index < -0.39 is 72.1 Å². The highest BCUT2D eigenvalue weighted by molar-refractivity contribution is 5.82. The molecule has 61 heavy (non-hydrogen) atoms. The smallest absolute Gasteiger partial charge is 0.331 e. The summed E-state index contributed by atoms with van der Waals surface area (Å²) < 4.78 is 61.4. The third-order valence-electron chi connectivity index (χ3n) is 13.8. The minimum Gasteiger partial charge on any atom is -0.456 e. The standard InChI is InChI=1S/C46H76O15/c1-27-13-16-34(60-44-43(51)42(50)37(47)25-56-44)20-31-11-10-12-32(59-31)22-38(54-8)46(26-57-46)39(55-9)23-36(53-7)24-45(5,61-40(48)18-14-27)30(4)41(49)28(2)15-17-33-21-35(52-6)19-29(3)58-33/h10-11,13-14,18,28-39,41-44,47,49-51H,12,15-17,19-26H2,1-9H3/b18-14+,27-13-/t28?,29?,30?,31?,32?,33?,34?,35?,36?,37-,38?,39?,41?,42+,43-,44-,45?,46?/m1/s1. The van der Waals surface area contributed by atoms with Gasteiger partial charge in [0, 0.05) is 66.1 Å². The minimum atomic E-state index is -1.46. The maximum absolute atomic E-state index is 13.8. The second kappa shape index (κ2) is 22.9. The van der Waals surface area contributed by atoms with Crippen LogP contribution >= 0.6 is 0 Å². The highest BCUT2D eigenvalue weighted by atomic mass is 16.7. The van der Waals surface area contributed by atoms with Crippen molar-refractivity contribution >= 4 is 5.97 Å². The van der Waals surface area contributed by atoms with Crippen LogP contribution in [0, 0.1) is 11.8 Å². The van der Waals surface area contributed by atoms with Crippen molar-refractivity contribution in [2.45, 2.75) is 196 Å². The van der Waals surface area contributed by atoms with E-state index in [-0.39, 0.29) is 55.6 Å². The third-order valence-corrected chi connectivity index (χ3v) is 13.8. The first-order valence-electron chi connectivity index (χ1n) is 22.3. The SMILES string of the molecule is COC1CC(C)OC(CCC(C)C(O)C(C)C2(C)CC(OC)CC(OC)C3(CO3)C(OC)CC3CC=CC(CC(O[C@H]4OC[C@@H](O)[C@H](O)[C@H]4O)C/C=C(C)\C=C\C(=O)O2)O3)C1. The molecule has 5 rings (SSSR count). The van der Waals surface area contributed by atoms with Crippen LogP contribution in [0.15, 0.2) is 36.0 Å². The Hall–Kier alpha value is -1.83. The molecule has 3 saturated heterocycles. The normalized spacial score (nSPS) is 43.7. The van der Waals surface area contributed by atoms with Crippen molar-refractivity contribution in [2.24, 2.45) is 11.8 Å². The molecule has 0 saturated carbocycles. The number of carbonyl (C=O) groups is 1. The van der Waals surface area contributed by atoms with Gasteiger partial charge < -0.3 is 67.8 Å². The predicted octanol–water partition coefficient (Wildman–Crippen LogP) is 4.10. The minimum absolute atomic E-state index is 0.0357. The Morgan fingerprint density at radius 3 is 2.25 bits per heavy atom. The molecule has 4 N–H and O–H groups in total. The van der Waals surface area contributed by atoms with Gasteiger partial charge in [0.2, 0.25) is 0 Å². The predicted molar refractivity (Wildman–Crippen MR) is 225 cm³/mol. The molecule has 0 aromatic heterocycles. The van der Waals surface area contributed by atoms with Crippen LogP contribution in [0.3, 0.4) is 0 Å². The zero-order valence-electron chi connectivity index (χ0n) is 37.9. The van der Waals surface area contributed by atoms with Gasteiger partial charge in [0.15, 0.2) is 6.29 Å². The van der Waals surface area contributed by atoms with Crippen molar-refractivity contribution in [1.82, 2.24) is 0 Å². The number of cyclic esters (lactones) is 1. The van der Waals surface area contributed by atoms with Crippen LogP contribution in [0.4, 0.5) is 0 Å². The summed E-state index contributed by atoms with van der Waals surface area (Å²) in [6, 6.07) is 0. The van der Waals surface area contributed by atoms with Crippen LogP contribution in [0.1, 0.15) is 98.8 Å². The van der Waals surface area contributed by atoms with E-state index in [1.807, 2.05) is 39.8 Å². The van der Waals surface area contributed by atoms with Crippen LogP contribution in [0.5, 0.6) is 0 Å². The number of ether oxygens (including phenoxy) is 10. The van der Waals surface area contributed by atoms with E-state index in [9.17, 15) is 25.2 Å². The summed E-state index contributed by atoms with van der Waals surface area (Å²) in [5.74, 6) is -1.20. The second-order valence-corrected chi connectivity index (χ2v) is 18.4. The highest BCUT2D eigenvalue weighted by Crippen LogP contribution is 2.44. The molecular weight excluding hydrogens is 792 g/mol. The van der Waals surface area contributed by atoms with Gasteiger partial charge in [0.1, 0.15) is 29.5 Å². The molecule has 0 amide bonds. The molecule has 3 fully saturated rings. The molecule has 14 unspecified atom stereocenters. The summed E-state index contributed by atoms with van der Waals surface area (Å²) in [5.41, 5.74) is -1.19. The lowest BCUT2D eigenvalue weighted by Crippen LogP contribution is -2.54. The van der Waals surface area contributed by atoms with E-state index >= 15 is 0 Å². The number of rotatable bonds is 12. The highest BCUT2D eigenvalue weighted by Gasteiger charge is 2.59. The van der Waals surface area contributed by atoms with E-state index in [0.29, 0.717) is 45.1 Å². The molecule has 18 atom stereocenters. The number of allylic oxidation sites excluding steroid dienone is 2. The maximum Gasteiger partial charge on any atom is 0.331 e. The zero-order chi connectivity index (χ0) is 44.5. The number of epoxide rings is 1. The monoisotopic (exact) mass is 869 g/mol. The average molecular weight is 869 g/mol. The molecule has 15 heteroatoms. The topological polar surface area (TPSA) is 194 Å². The molecule has 5 heterocycles. The third kappa shape index (κ3) is 13.4. The summed E-state index contributed by atoms with van der Waals surface area (Å²) in [4.78, 5) is 13.8. The van der Waals surface area contributed by atoms with Crippen LogP contribution in [-0.2, 0) is 52.2 Å². The summed E-state index contributed by atoms with van der Waals surface area (Å²) in [7, 11) is 6.68. The van der Waals surface area contributed by atoms with E-state index in [1.165, 1.54) is 6.08 Å². The lowest BCUT2D eigenvalue weighted by Gasteiger charge is -2.42. The number of methoxy groups -OCH3 is 4. The van der Waals surface area contributed by atoms with Gasteiger partial charge in [0.25, 0.3) is 0 Å². The van der Waals surface area contributed by atoms with Crippen LogP contribution in [0.2, 0.25) is 0 Å². The number of hydrogen-bond donors (Lipinski definition) is 4. The first-order valence-corrected chi connectivity index (χ1v) is 22.3. The first kappa shape index (κ1) is 50.2. The molecule has 0 radical (unpaired) electrons. The Balaban J connectivity index is 1.40. The van der Waals surface area contributed by atoms with Gasteiger partial charge in [-0.2, -0.15) is 0 Å². The number of hydrogen-bond acceptors (Lipinski definition) is 15. The summed E-state index contributed by atoms with van der Waals surface area (Å²) >= 11 is 0. The fourth-order valence-electron chi connectivity index (χ4n) is 9.64. The van der Waals surface area contributed by atoms with Gasteiger partial charge in [-0.05, 0) is 65.2 Å². The van der Waals surface area contributed by atoms with Crippen molar-refractivity contribution in [3.8, 4) is 0 Å². The molecule has 1 spiro atoms. The van der Waals surface area contributed by atoms with Crippen molar-refractivity contribution in [1.29, 1.82) is 0 Å². The summed E-state index contributed by atoms with van der Waals surface area (Å²) in [6.07, 6.45) is 6.61. The molecule has 350 valence electrons. The largest absolute Gasteiger partial charge is 0.456 e. The number of aliphatic hydroxyl groups is 4. The quantitative estimate of drug-likeness (QED) is 0.124. The van der Waals surface area contributed by atoms with E-state index in [4.69, 9.17) is 47.4 Å². The van der Waals surface area contributed by atoms with E-state index in [2.05, 4.69) is 13.0 Å². The average Bonchev–Trinajstić information content (AvgIpc) is 4.05. The van der Waals surface area contributed by atoms with Gasteiger partial charge in [-0.25, -0.2) is 4.79 Å². The van der Waals surface area contributed by atoms with E-state index in [1.54, 1.807) is 34.5 Å². The molecule has 2 bridgehead atoms. The van der Waals surface area contributed by atoms with Gasteiger partial charge in [0.05, 0.1) is 74.3 Å². The molecule has 0 aliphatic carbocycles. The lowest BCUT2D eigenvalue weighted by atomic mass is 9.76. The first-order chi connectivity index (χ1) is 29.0. The van der Waals surface area contributed by atoms with Crippen molar-refractivity contribution in [3.05, 3.63) is 36.0 Å². The molecular formula is C46H76O15. The second-order valence-electron chi connectivity index (χ2n) is 18.4. The fraction of sp³-hybridized carbons (Fsp3) is 0.848. The Morgan fingerprint density at radius 2 is 1.57 bits per heavy atom. The Morgan fingerprint density at radius 1 is 0.869 bits per heavy atom. The van der Waals surface area contributed by atoms with Gasteiger partial charge in [-0.1, -0.05) is 43.7 Å². The van der Waals surface area contributed by atoms with Crippen LogP contribution in [0.25, 0.3) is 0 Å². The lowest BCUT2D eigenvalue weighted by molar-refractivity contribution is -0.284. The number of esters is 1. The van der Waals surface area contributed by atoms with Crippen molar-refractivity contribution in [3.63, 3.8) is 0 Å². The van der Waals surface area contributed by atoms with Gasteiger partial charge in [-0.3, -0.25) is 0 Å². The Kier molecular flexibility index (Phi) is 18.8.